The molecule has 0 spiro atoms. The molecule has 0 saturated heterocycles. The number of aryl methyl sites for hydroxylation is 2. The molecule has 3 aliphatic carbocycles. The Balaban J connectivity index is 1.44. The highest BCUT2D eigenvalue weighted by molar-refractivity contribution is 5.28. The summed E-state index contributed by atoms with van der Waals surface area (Å²) in [5.74, 6) is 2.03. The third-order valence-electron chi connectivity index (χ3n) is 5.91. The van der Waals surface area contributed by atoms with E-state index in [9.17, 15) is 0 Å². The molecule has 0 amide bonds. The van der Waals surface area contributed by atoms with Crippen molar-refractivity contribution in [1.82, 2.24) is 10.3 Å². The van der Waals surface area contributed by atoms with Gasteiger partial charge in [0.1, 0.15) is 0 Å². The van der Waals surface area contributed by atoms with Crippen LogP contribution in [0.1, 0.15) is 55.8 Å². The van der Waals surface area contributed by atoms with Gasteiger partial charge >= 0.3 is 0 Å². The van der Waals surface area contributed by atoms with Gasteiger partial charge in [-0.25, -0.2) is 0 Å². The predicted octanol–water partition coefficient (Wildman–Crippen LogP) is 3.28. The summed E-state index contributed by atoms with van der Waals surface area (Å²) in [5.41, 5.74) is 4.26. The zero-order valence-electron chi connectivity index (χ0n) is 12.6. The minimum absolute atomic E-state index is 0.695. The van der Waals surface area contributed by atoms with Gasteiger partial charge in [0.25, 0.3) is 0 Å². The van der Waals surface area contributed by atoms with Crippen LogP contribution in [0, 0.1) is 11.8 Å². The van der Waals surface area contributed by atoms with Gasteiger partial charge in [-0.1, -0.05) is 19.4 Å². The Labute approximate surface area is 122 Å². The van der Waals surface area contributed by atoms with Crippen molar-refractivity contribution in [3.05, 3.63) is 29.1 Å². The van der Waals surface area contributed by atoms with Crippen molar-refractivity contribution in [3.8, 4) is 0 Å². The Morgan fingerprint density at radius 1 is 1.25 bits per heavy atom. The molecule has 1 heterocycles. The maximum atomic E-state index is 4.67. The van der Waals surface area contributed by atoms with E-state index in [1.54, 1.807) is 0 Å². The summed E-state index contributed by atoms with van der Waals surface area (Å²) in [5, 5.41) is 4.00. The van der Waals surface area contributed by atoms with Crippen LogP contribution in [-0.2, 0) is 19.3 Å². The van der Waals surface area contributed by atoms with Gasteiger partial charge in [-0.05, 0) is 67.9 Å². The van der Waals surface area contributed by atoms with E-state index in [0.717, 1.165) is 30.7 Å². The lowest BCUT2D eigenvalue weighted by Gasteiger charge is -2.31. The zero-order valence-corrected chi connectivity index (χ0v) is 12.6. The summed E-state index contributed by atoms with van der Waals surface area (Å²) in [6.07, 6.45) is 12.7. The fourth-order valence-electron chi connectivity index (χ4n) is 4.76. The lowest BCUT2D eigenvalue weighted by Crippen LogP contribution is -2.44. The van der Waals surface area contributed by atoms with E-state index in [0.29, 0.717) is 6.04 Å². The van der Waals surface area contributed by atoms with E-state index in [1.807, 2.05) is 0 Å². The molecular weight excluding hydrogens is 244 g/mol. The zero-order chi connectivity index (χ0) is 13.5. The number of nitrogens with zero attached hydrogens (tertiary/aromatic N) is 1. The highest BCUT2D eigenvalue weighted by Gasteiger charge is 2.40. The first-order valence-corrected chi connectivity index (χ1v) is 8.54. The van der Waals surface area contributed by atoms with Gasteiger partial charge in [-0.15, -0.1) is 0 Å². The maximum Gasteiger partial charge on any atom is 0.0436 e. The second kappa shape index (κ2) is 5.14. The number of hydrogen-bond donors (Lipinski definition) is 1. The van der Waals surface area contributed by atoms with E-state index in [2.05, 4.69) is 29.5 Å². The van der Waals surface area contributed by atoms with Crippen molar-refractivity contribution < 1.29 is 0 Å². The van der Waals surface area contributed by atoms with Gasteiger partial charge in [0.2, 0.25) is 0 Å². The summed E-state index contributed by atoms with van der Waals surface area (Å²) in [6.45, 7) is 2.22. The summed E-state index contributed by atoms with van der Waals surface area (Å²) < 4.78 is 0. The van der Waals surface area contributed by atoms with Crippen molar-refractivity contribution in [1.29, 1.82) is 0 Å². The molecule has 1 N–H and O–H groups in total. The standard InChI is InChI=1S/C18H26N2/c1-2-12-7-15-10-16(5-6-17(15)19-11-12)20-18-9-13-3-4-14(18)8-13/h7,11,13-14,16,18,20H,2-6,8-10H2,1H3. The van der Waals surface area contributed by atoms with Crippen molar-refractivity contribution in [3.63, 3.8) is 0 Å². The Kier molecular flexibility index (Phi) is 3.30. The monoisotopic (exact) mass is 270 g/mol. The normalized spacial score (nSPS) is 35.2. The van der Waals surface area contributed by atoms with Crippen LogP contribution in [0.4, 0.5) is 0 Å². The average Bonchev–Trinajstić information content (AvgIpc) is 3.09. The third kappa shape index (κ3) is 2.28. The Bertz CT molecular complexity index is 496. The fourth-order valence-corrected chi connectivity index (χ4v) is 4.76. The first kappa shape index (κ1) is 12.8. The number of pyridine rings is 1. The molecule has 1 aromatic heterocycles. The molecule has 2 bridgehead atoms. The number of aromatic nitrogens is 1. The second-order valence-electron chi connectivity index (χ2n) is 7.19. The van der Waals surface area contributed by atoms with E-state index in [4.69, 9.17) is 0 Å². The van der Waals surface area contributed by atoms with Gasteiger partial charge in [0.05, 0.1) is 0 Å². The molecule has 2 fully saturated rings. The largest absolute Gasteiger partial charge is 0.311 e. The molecule has 2 heteroatoms. The molecule has 3 aliphatic rings. The molecular formula is C18H26N2. The number of hydrogen-bond acceptors (Lipinski definition) is 2. The van der Waals surface area contributed by atoms with E-state index in [1.165, 1.54) is 55.3 Å². The molecule has 0 radical (unpaired) electrons. The Morgan fingerprint density at radius 2 is 2.20 bits per heavy atom. The summed E-state index contributed by atoms with van der Waals surface area (Å²) >= 11 is 0. The van der Waals surface area contributed by atoms with Crippen LogP contribution in [0.5, 0.6) is 0 Å². The summed E-state index contributed by atoms with van der Waals surface area (Å²) in [4.78, 5) is 4.67. The quantitative estimate of drug-likeness (QED) is 0.911. The lowest BCUT2D eigenvalue weighted by atomic mass is 9.88. The molecule has 0 aliphatic heterocycles. The molecule has 1 aromatic rings. The third-order valence-corrected chi connectivity index (χ3v) is 5.91. The predicted molar refractivity (Wildman–Crippen MR) is 81.8 cm³/mol. The molecule has 2 saturated carbocycles. The van der Waals surface area contributed by atoms with Gasteiger partial charge < -0.3 is 5.32 Å². The number of rotatable bonds is 3. The van der Waals surface area contributed by atoms with Crippen molar-refractivity contribution >= 4 is 0 Å². The fraction of sp³-hybridized carbons (Fsp3) is 0.722. The van der Waals surface area contributed by atoms with Gasteiger partial charge in [-0.2, -0.15) is 0 Å². The molecule has 20 heavy (non-hydrogen) atoms. The highest BCUT2D eigenvalue weighted by atomic mass is 15.0. The van der Waals surface area contributed by atoms with Crippen LogP contribution in [0.3, 0.4) is 0 Å². The Morgan fingerprint density at radius 3 is 2.95 bits per heavy atom. The molecule has 4 unspecified atom stereocenters. The van der Waals surface area contributed by atoms with Crippen LogP contribution in [-0.4, -0.2) is 17.1 Å². The van der Waals surface area contributed by atoms with Crippen LogP contribution in [0.25, 0.3) is 0 Å². The smallest absolute Gasteiger partial charge is 0.0436 e. The van der Waals surface area contributed by atoms with E-state index < -0.39 is 0 Å². The molecule has 108 valence electrons. The summed E-state index contributed by atoms with van der Waals surface area (Å²) in [7, 11) is 0. The SMILES string of the molecule is CCc1cnc2c(c1)CC(NC1CC3CCC1C3)CC2. The van der Waals surface area contributed by atoms with Gasteiger partial charge in [0.15, 0.2) is 0 Å². The van der Waals surface area contributed by atoms with Crippen LogP contribution in [0.2, 0.25) is 0 Å². The average molecular weight is 270 g/mol. The molecule has 4 rings (SSSR count). The minimum Gasteiger partial charge on any atom is -0.311 e. The number of nitrogens with one attached hydrogen (secondary N) is 1. The first-order chi connectivity index (χ1) is 9.81. The van der Waals surface area contributed by atoms with Crippen molar-refractivity contribution in [2.45, 2.75) is 70.4 Å². The van der Waals surface area contributed by atoms with E-state index in [-0.39, 0.29) is 0 Å². The van der Waals surface area contributed by atoms with Crippen LogP contribution < -0.4 is 5.32 Å². The van der Waals surface area contributed by atoms with Gasteiger partial charge in [-0.3, -0.25) is 4.98 Å². The second-order valence-corrected chi connectivity index (χ2v) is 7.19. The molecule has 4 atom stereocenters. The van der Waals surface area contributed by atoms with Gasteiger partial charge in [0, 0.05) is 24.0 Å². The van der Waals surface area contributed by atoms with Crippen LogP contribution >= 0.6 is 0 Å². The topological polar surface area (TPSA) is 24.9 Å². The summed E-state index contributed by atoms with van der Waals surface area (Å²) in [6, 6.07) is 3.92. The van der Waals surface area contributed by atoms with E-state index >= 15 is 0 Å². The molecule has 0 aromatic carbocycles. The minimum atomic E-state index is 0.695. The van der Waals surface area contributed by atoms with Crippen molar-refractivity contribution in [2.75, 3.05) is 0 Å². The highest BCUT2D eigenvalue weighted by Crippen LogP contribution is 2.44. The Hall–Kier alpha value is -0.890. The lowest BCUT2D eigenvalue weighted by molar-refractivity contribution is 0.303. The first-order valence-electron chi connectivity index (χ1n) is 8.54. The maximum absolute atomic E-state index is 4.67. The van der Waals surface area contributed by atoms with Crippen molar-refractivity contribution in [2.24, 2.45) is 11.8 Å². The number of fused-ring (bicyclic) bond motifs is 3. The van der Waals surface area contributed by atoms with Crippen LogP contribution in [0.15, 0.2) is 12.3 Å². The molecule has 2 nitrogen and oxygen atoms in total.